The Hall–Kier alpha value is -2.93. The van der Waals surface area contributed by atoms with E-state index in [4.69, 9.17) is 4.74 Å². The molecule has 3 amide bonds. The zero-order valence-corrected chi connectivity index (χ0v) is 16.3. The number of nitrogens with zero attached hydrogens (tertiary/aromatic N) is 3. The summed E-state index contributed by atoms with van der Waals surface area (Å²) < 4.78 is 5.71. The van der Waals surface area contributed by atoms with Gasteiger partial charge in [-0.25, -0.2) is 4.79 Å². The lowest BCUT2D eigenvalue weighted by molar-refractivity contribution is -0.116. The van der Waals surface area contributed by atoms with Gasteiger partial charge in [0.1, 0.15) is 0 Å². The Morgan fingerprint density at radius 1 is 1.25 bits per heavy atom. The summed E-state index contributed by atoms with van der Waals surface area (Å²) in [5.41, 5.74) is 2.42. The van der Waals surface area contributed by atoms with Crippen molar-refractivity contribution in [1.29, 1.82) is 0 Å². The molecule has 1 fully saturated rings. The van der Waals surface area contributed by atoms with Crippen molar-refractivity contribution in [2.75, 3.05) is 30.4 Å². The minimum absolute atomic E-state index is 0.0454. The number of benzene rings is 1. The van der Waals surface area contributed by atoms with Crippen LogP contribution in [0.5, 0.6) is 0 Å². The van der Waals surface area contributed by atoms with Gasteiger partial charge < -0.3 is 19.9 Å². The first kappa shape index (κ1) is 19.8. The van der Waals surface area contributed by atoms with Crippen LogP contribution in [0.3, 0.4) is 0 Å². The van der Waals surface area contributed by atoms with Crippen LogP contribution in [0.15, 0.2) is 48.8 Å². The molecule has 1 aromatic carbocycles. The zero-order chi connectivity index (χ0) is 19.9. The number of nitrogens with one attached hydrogen (secondary N) is 1. The predicted octanol–water partition coefficient (Wildman–Crippen LogP) is 3.28. The van der Waals surface area contributed by atoms with Crippen molar-refractivity contribution in [3.8, 4) is 0 Å². The van der Waals surface area contributed by atoms with E-state index in [-0.39, 0.29) is 18.0 Å². The van der Waals surface area contributed by atoms with Gasteiger partial charge in [-0.15, -0.1) is 0 Å². The van der Waals surface area contributed by atoms with Crippen molar-refractivity contribution in [3.63, 3.8) is 0 Å². The lowest BCUT2D eigenvalue weighted by Gasteiger charge is -2.26. The molecule has 2 heterocycles. The summed E-state index contributed by atoms with van der Waals surface area (Å²) in [7, 11) is 1.72. The lowest BCUT2D eigenvalue weighted by atomic mass is 10.2. The maximum absolute atomic E-state index is 12.9. The van der Waals surface area contributed by atoms with Crippen LogP contribution in [0.2, 0.25) is 0 Å². The first-order valence-electron chi connectivity index (χ1n) is 9.43. The molecule has 148 valence electrons. The Morgan fingerprint density at radius 3 is 2.64 bits per heavy atom. The number of aromatic nitrogens is 1. The van der Waals surface area contributed by atoms with Crippen molar-refractivity contribution in [2.45, 2.75) is 32.4 Å². The van der Waals surface area contributed by atoms with Crippen LogP contribution in [0.4, 0.5) is 16.2 Å². The molecule has 1 aliphatic heterocycles. The third-order valence-corrected chi connectivity index (χ3v) is 4.81. The quantitative estimate of drug-likeness (QED) is 0.832. The fraction of sp³-hybridized carbons (Fsp3) is 0.381. The standard InChI is InChI=1S/C21H26N4O3/c1-16(26)24(2)19-9-7-18(8-10-19)23-21(27)25(15-20-6-4-12-28-20)14-17-5-3-11-22-13-17/h3,5,7-11,13,20H,4,6,12,14-15H2,1-2H3,(H,23,27). The molecule has 1 N–H and O–H groups in total. The second-order valence-corrected chi connectivity index (χ2v) is 6.93. The summed E-state index contributed by atoms with van der Waals surface area (Å²) in [6.07, 6.45) is 5.53. The maximum atomic E-state index is 12.9. The summed E-state index contributed by atoms with van der Waals surface area (Å²) in [6.45, 7) is 3.26. The smallest absolute Gasteiger partial charge is 0.322 e. The van der Waals surface area contributed by atoms with E-state index in [1.807, 2.05) is 24.3 Å². The summed E-state index contributed by atoms with van der Waals surface area (Å²) >= 11 is 0. The fourth-order valence-corrected chi connectivity index (χ4v) is 3.12. The van der Waals surface area contributed by atoms with Gasteiger partial charge in [-0.1, -0.05) is 6.07 Å². The molecule has 1 aromatic heterocycles. The fourth-order valence-electron chi connectivity index (χ4n) is 3.12. The number of amides is 3. The highest BCUT2D eigenvalue weighted by atomic mass is 16.5. The topological polar surface area (TPSA) is 74.8 Å². The number of hydrogen-bond donors (Lipinski definition) is 1. The molecule has 1 atom stereocenters. The van der Waals surface area contributed by atoms with E-state index in [9.17, 15) is 9.59 Å². The highest BCUT2D eigenvalue weighted by Gasteiger charge is 2.23. The third-order valence-electron chi connectivity index (χ3n) is 4.81. The van der Waals surface area contributed by atoms with Gasteiger partial charge in [0, 0.05) is 57.4 Å². The van der Waals surface area contributed by atoms with Crippen LogP contribution in [-0.2, 0) is 16.1 Å². The average Bonchev–Trinajstić information content (AvgIpc) is 3.21. The van der Waals surface area contributed by atoms with E-state index in [2.05, 4.69) is 10.3 Å². The van der Waals surface area contributed by atoms with Crippen LogP contribution < -0.4 is 10.2 Å². The third kappa shape index (κ3) is 5.29. The SMILES string of the molecule is CC(=O)N(C)c1ccc(NC(=O)N(Cc2cccnc2)CC2CCCO2)cc1. The van der Waals surface area contributed by atoms with Gasteiger partial charge in [0.2, 0.25) is 5.91 Å². The number of carbonyl (C=O) groups is 2. The molecular weight excluding hydrogens is 356 g/mol. The Morgan fingerprint density at radius 2 is 2.04 bits per heavy atom. The molecule has 1 aliphatic rings. The van der Waals surface area contributed by atoms with Crippen molar-refractivity contribution >= 4 is 23.3 Å². The van der Waals surface area contributed by atoms with Gasteiger partial charge >= 0.3 is 6.03 Å². The normalized spacial score (nSPS) is 15.9. The Balaban J connectivity index is 1.68. The number of pyridine rings is 1. The second kappa shape index (κ2) is 9.32. The molecule has 28 heavy (non-hydrogen) atoms. The van der Waals surface area contributed by atoms with Crippen molar-refractivity contribution in [1.82, 2.24) is 9.88 Å². The number of rotatable bonds is 6. The molecule has 0 aliphatic carbocycles. The number of urea groups is 1. The predicted molar refractivity (Wildman–Crippen MR) is 108 cm³/mol. The highest BCUT2D eigenvalue weighted by molar-refractivity contribution is 5.92. The Bertz CT molecular complexity index is 789. The van der Waals surface area contributed by atoms with Gasteiger partial charge in [-0.2, -0.15) is 0 Å². The molecule has 2 aromatic rings. The summed E-state index contributed by atoms with van der Waals surface area (Å²) in [4.78, 5) is 31.8. The van der Waals surface area contributed by atoms with E-state index in [1.54, 1.807) is 41.4 Å². The number of anilines is 2. The Labute approximate surface area is 165 Å². The Kier molecular flexibility index (Phi) is 6.60. The van der Waals surface area contributed by atoms with Crippen LogP contribution in [0.1, 0.15) is 25.3 Å². The van der Waals surface area contributed by atoms with Crippen LogP contribution in [0.25, 0.3) is 0 Å². The molecular formula is C21H26N4O3. The first-order valence-corrected chi connectivity index (χ1v) is 9.43. The molecule has 1 unspecified atom stereocenters. The first-order chi connectivity index (χ1) is 13.5. The minimum atomic E-state index is -0.188. The van der Waals surface area contributed by atoms with Crippen molar-refractivity contribution < 1.29 is 14.3 Å². The van der Waals surface area contributed by atoms with Gasteiger partial charge in [0.25, 0.3) is 0 Å². The van der Waals surface area contributed by atoms with Gasteiger partial charge in [-0.05, 0) is 48.7 Å². The molecule has 1 saturated heterocycles. The van der Waals surface area contributed by atoms with E-state index in [0.717, 1.165) is 30.7 Å². The van der Waals surface area contributed by atoms with E-state index < -0.39 is 0 Å². The van der Waals surface area contributed by atoms with Crippen LogP contribution in [0, 0.1) is 0 Å². The van der Waals surface area contributed by atoms with E-state index in [0.29, 0.717) is 18.8 Å². The largest absolute Gasteiger partial charge is 0.376 e. The summed E-state index contributed by atoms with van der Waals surface area (Å²) in [5, 5.41) is 2.94. The maximum Gasteiger partial charge on any atom is 0.322 e. The molecule has 0 bridgehead atoms. The zero-order valence-electron chi connectivity index (χ0n) is 16.3. The minimum Gasteiger partial charge on any atom is -0.376 e. The summed E-state index contributed by atoms with van der Waals surface area (Å²) in [6, 6.07) is 10.8. The van der Waals surface area contributed by atoms with Gasteiger partial charge in [-0.3, -0.25) is 9.78 Å². The van der Waals surface area contributed by atoms with E-state index >= 15 is 0 Å². The van der Waals surface area contributed by atoms with Gasteiger partial charge in [0.15, 0.2) is 0 Å². The molecule has 0 radical (unpaired) electrons. The molecule has 0 saturated carbocycles. The lowest BCUT2D eigenvalue weighted by Crippen LogP contribution is -2.39. The molecule has 3 rings (SSSR count). The molecule has 7 nitrogen and oxygen atoms in total. The monoisotopic (exact) mass is 382 g/mol. The second-order valence-electron chi connectivity index (χ2n) is 6.93. The summed E-state index contributed by atoms with van der Waals surface area (Å²) in [5.74, 6) is -0.0454. The van der Waals surface area contributed by atoms with Crippen LogP contribution >= 0.6 is 0 Å². The highest BCUT2D eigenvalue weighted by Crippen LogP contribution is 2.19. The van der Waals surface area contributed by atoms with E-state index in [1.165, 1.54) is 6.92 Å². The number of hydrogen-bond acceptors (Lipinski definition) is 4. The van der Waals surface area contributed by atoms with Gasteiger partial charge in [0.05, 0.1) is 6.10 Å². The number of carbonyl (C=O) groups excluding carboxylic acids is 2. The molecule has 7 heteroatoms. The molecule has 0 spiro atoms. The average molecular weight is 382 g/mol. The van der Waals surface area contributed by atoms with Crippen LogP contribution in [-0.4, -0.2) is 48.1 Å². The van der Waals surface area contributed by atoms with Crippen molar-refractivity contribution in [2.24, 2.45) is 0 Å². The van der Waals surface area contributed by atoms with Crippen molar-refractivity contribution in [3.05, 3.63) is 54.4 Å². The number of ether oxygens (including phenoxy) is 1.